The molecule has 6 aromatic carbocycles. The van der Waals surface area contributed by atoms with E-state index < -0.39 is 8.07 Å². The Morgan fingerprint density at radius 3 is 1.80 bits per heavy atom. The molecular formula is C50H48BNO2Si. The minimum atomic E-state index is -2.78. The van der Waals surface area contributed by atoms with Gasteiger partial charge in [0.25, 0.3) is 0 Å². The summed E-state index contributed by atoms with van der Waals surface area (Å²) in [5.41, 5.74) is 6.90. The lowest BCUT2D eigenvalue weighted by Crippen LogP contribution is -2.74. The number of anilines is 3. The summed E-state index contributed by atoms with van der Waals surface area (Å²) in [6.07, 6.45) is 6.67. The fourth-order valence-corrected chi connectivity index (χ4v) is 14.7. The van der Waals surface area contributed by atoms with Crippen LogP contribution in [0.1, 0.15) is 62.8 Å². The second-order valence-corrected chi connectivity index (χ2v) is 20.2. The van der Waals surface area contributed by atoms with Gasteiger partial charge in [0.05, 0.1) is 16.8 Å². The van der Waals surface area contributed by atoms with Crippen LogP contribution < -0.4 is 36.7 Å². The van der Waals surface area contributed by atoms with Crippen LogP contribution in [0.5, 0.6) is 0 Å². The van der Waals surface area contributed by atoms with Crippen molar-refractivity contribution >= 4 is 68.8 Å². The molecule has 272 valence electrons. The molecule has 0 unspecified atom stereocenters. The SMILES string of the molecule is CB(c1ccc2c(c1)C(C)(C)c1cc([Si](c3ccccc3)(c3ccccc3)c3ccccc3)ccc1N2c1ccc2c(=O)oc(C)cc2c1)C1CCCCC1. The molecule has 0 saturated heterocycles. The van der Waals surface area contributed by atoms with E-state index in [9.17, 15) is 4.79 Å². The van der Waals surface area contributed by atoms with Crippen LogP contribution in [-0.4, -0.2) is 14.8 Å². The summed E-state index contributed by atoms with van der Waals surface area (Å²) < 4.78 is 5.49. The zero-order valence-electron chi connectivity index (χ0n) is 32.4. The highest BCUT2D eigenvalue weighted by molar-refractivity contribution is 7.19. The van der Waals surface area contributed by atoms with Gasteiger partial charge in [0, 0.05) is 11.1 Å². The van der Waals surface area contributed by atoms with Gasteiger partial charge < -0.3 is 9.32 Å². The fraction of sp³-hybridized carbons (Fsp3) is 0.220. The van der Waals surface area contributed by atoms with Crippen molar-refractivity contribution in [2.75, 3.05) is 4.90 Å². The highest BCUT2D eigenvalue weighted by Crippen LogP contribution is 2.52. The first kappa shape index (κ1) is 35.3. The molecule has 7 aromatic rings. The molecule has 1 aromatic heterocycles. The summed E-state index contributed by atoms with van der Waals surface area (Å²) in [6, 6.07) is 56.4. The van der Waals surface area contributed by atoms with E-state index in [-0.39, 0.29) is 11.0 Å². The molecule has 55 heavy (non-hydrogen) atoms. The van der Waals surface area contributed by atoms with Gasteiger partial charge in [-0.1, -0.05) is 179 Å². The van der Waals surface area contributed by atoms with Crippen molar-refractivity contribution in [1.82, 2.24) is 0 Å². The van der Waals surface area contributed by atoms with Gasteiger partial charge in [0.2, 0.25) is 0 Å². The van der Waals surface area contributed by atoms with Crippen LogP contribution in [0.25, 0.3) is 10.8 Å². The zero-order chi connectivity index (χ0) is 37.7. The summed E-state index contributed by atoms with van der Waals surface area (Å²) in [4.78, 5) is 15.3. The Kier molecular flexibility index (Phi) is 9.01. The molecule has 0 spiro atoms. The van der Waals surface area contributed by atoms with Crippen molar-refractivity contribution in [3.8, 4) is 0 Å². The van der Waals surface area contributed by atoms with E-state index in [1.165, 1.54) is 80.8 Å². The maximum absolute atomic E-state index is 12.9. The lowest BCUT2D eigenvalue weighted by atomic mass is 9.36. The summed E-state index contributed by atoms with van der Waals surface area (Å²) in [7, 11) is -2.78. The van der Waals surface area contributed by atoms with Crippen LogP contribution in [0.3, 0.4) is 0 Å². The zero-order valence-corrected chi connectivity index (χ0v) is 33.4. The van der Waals surface area contributed by atoms with E-state index in [0.717, 1.165) is 16.9 Å². The first-order chi connectivity index (χ1) is 26.8. The summed E-state index contributed by atoms with van der Waals surface area (Å²) in [5, 5.41) is 6.96. The van der Waals surface area contributed by atoms with Crippen LogP contribution in [0, 0.1) is 6.92 Å². The third-order valence-electron chi connectivity index (χ3n) is 12.9. The highest BCUT2D eigenvalue weighted by atomic mass is 28.3. The van der Waals surface area contributed by atoms with E-state index in [1.54, 1.807) is 0 Å². The number of nitrogens with zero attached hydrogens (tertiary/aromatic N) is 1. The van der Waals surface area contributed by atoms with Crippen molar-refractivity contribution < 1.29 is 4.42 Å². The lowest BCUT2D eigenvalue weighted by molar-refractivity contribution is 0.488. The minimum absolute atomic E-state index is 0.293. The van der Waals surface area contributed by atoms with E-state index in [0.29, 0.717) is 17.9 Å². The Morgan fingerprint density at radius 2 is 1.20 bits per heavy atom. The van der Waals surface area contributed by atoms with Crippen molar-refractivity contribution in [2.24, 2.45) is 0 Å². The van der Waals surface area contributed by atoms with E-state index in [1.807, 2.05) is 19.1 Å². The first-order valence-electron chi connectivity index (χ1n) is 20.1. The van der Waals surface area contributed by atoms with Gasteiger partial charge in [0.1, 0.15) is 5.76 Å². The van der Waals surface area contributed by atoms with Gasteiger partial charge in [0.15, 0.2) is 14.8 Å². The van der Waals surface area contributed by atoms with Crippen molar-refractivity contribution in [3.63, 3.8) is 0 Å². The molecule has 0 radical (unpaired) electrons. The molecule has 2 heterocycles. The van der Waals surface area contributed by atoms with Gasteiger partial charge in [-0.15, -0.1) is 0 Å². The van der Waals surface area contributed by atoms with E-state index >= 15 is 0 Å². The highest BCUT2D eigenvalue weighted by Gasteiger charge is 2.44. The summed E-state index contributed by atoms with van der Waals surface area (Å²) >= 11 is 0. The van der Waals surface area contributed by atoms with Gasteiger partial charge >= 0.3 is 5.63 Å². The Labute approximate surface area is 326 Å². The number of hydrogen-bond acceptors (Lipinski definition) is 3. The predicted molar refractivity (Wildman–Crippen MR) is 236 cm³/mol. The maximum Gasteiger partial charge on any atom is 0.343 e. The Balaban J connectivity index is 1.31. The average Bonchev–Trinajstić information content (AvgIpc) is 3.22. The molecule has 5 heteroatoms. The number of fused-ring (bicyclic) bond motifs is 3. The molecule has 2 aliphatic rings. The van der Waals surface area contributed by atoms with Crippen LogP contribution >= 0.6 is 0 Å². The quantitative estimate of drug-likeness (QED) is 0.121. The van der Waals surface area contributed by atoms with Crippen molar-refractivity contribution in [2.45, 2.75) is 70.9 Å². The molecule has 0 bridgehead atoms. The molecule has 1 aliphatic carbocycles. The third kappa shape index (κ3) is 5.92. The summed E-state index contributed by atoms with van der Waals surface area (Å²) in [6.45, 7) is 9.65. The fourth-order valence-electron chi connectivity index (χ4n) is 9.97. The van der Waals surface area contributed by atoms with Gasteiger partial charge in [-0.05, 0) is 80.6 Å². The average molecular weight is 734 g/mol. The molecule has 0 amide bonds. The second kappa shape index (κ2) is 14.0. The molecule has 9 rings (SSSR count). The number of rotatable bonds is 7. The van der Waals surface area contributed by atoms with Gasteiger partial charge in [-0.3, -0.25) is 0 Å². The van der Waals surface area contributed by atoms with E-state index in [2.05, 4.69) is 165 Å². The van der Waals surface area contributed by atoms with Crippen LogP contribution in [0.2, 0.25) is 12.6 Å². The van der Waals surface area contributed by atoms with Crippen LogP contribution in [0.4, 0.5) is 17.1 Å². The molecule has 0 N–H and O–H groups in total. The maximum atomic E-state index is 12.9. The number of aryl methyl sites for hydroxylation is 1. The number of hydrogen-bond donors (Lipinski definition) is 0. The molecule has 1 aliphatic heterocycles. The standard InChI is InChI=1S/C50H48BNO2Si/c1-35-31-36-32-39(26-28-44(36)49(53)54-35)52-47-29-25-38(51(4)37-17-9-5-10-18-37)33-45(47)50(2,3)46-34-43(27-30-48(46)52)55(40-19-11-6-12-20-40,41-21-13-7-14-22-41)42-23-15-8-16-24-42/h6-8,11-16,19-34,37H,5,9-10,17-18H2,1-4H3. The lowest BCUT2D eigenvalue weighted by Gasteiger charge is -2.44. The van der Waals surface area contributed by atoms with Gasteiger partial charge in [-0.2, -0.15) is 0 Å². The third-order valence-corrected chi connectivity index (χ3v) is 17.7. The molecule has 0 atom stereocenters. The minimum Gasteiger partial charge on any atom is -0.428 e. The monoisotopic (exact) mass is 733 g/mol. The Hall–Kier alpha value is -5.39. The van der Waals surface area contributed by atoms with E-state index in [4.69, 9.17) is 4.42 Å². The van der Waals surface area contributed by atoms with Crippen LogP contribution in [-0.2, 0) is 5.41 Å². The Bertz CT molecular complexity index is 2460. The normalized spacial score (nSPS) is 15.4. The summed E-state index contributed by atoms with van der Waals surface area (Å²) in [5.74, 6) is 1.34. The molecular weight excluding hydrogens is 685 g/mol. The van der Waals surface area contributed by atoms with Gasteiger partial charge in [-0.25, -0.2) is 4.79 Å². The molecule has 1 fully saturated rings. The molecule has 3 nitrogen and oxygen atoms in total. The van der Waals surface area contributed by atoms with Crippen molar-refractivity contribution in [3.05, 3.63) is 179 Å². The predicted octanol–water partition coefficient (Wildman–Crippen LogP) is 9.25. The first-order valence-corrected chi connectivity index (χ1v) is 22.1. The van der Waals surface area contributed by atoms with Crippen molar-refractivity contribution in [1.29, 1.82) is 0 Å². The Morgan fingerprint density at radius 1 is 0.636 bits per heavy atom. The smallest absolute Gasteiger partial charge is 0.343 e. The second-order valence-electron chi connectivity index (χ2n) is 16.4. The number of benzene rings is 6. The molecule has 1 saturated carbocycles. The largest absolute Gasteiger partial charge is 0.428 e. The van der Waals surface area contributed by atoms with Crippen LogP contribution in [0.15, 0.2) is 161 Å². The topological polar surface area (TPSA) is 33.5 Å².